The summed E-state index contributed by atoms with van der Waals surface area (Å²) in [6.45, 7) is 2.28. The van der Waals surface area contributed by atoms with Crippen molar-refractivity contribution in [2.24, 2.45) is 0 Å². The number of esters is 1. The van der Waals surface area contributed by atoms with Crippen LogP contribution in [0.1, 0.15) is 104 Å². The van der Waals surface area contributed by atoms with Crippen molar-refractivity contribution >= 4 is 25.7 Å². The first kappa shape index (κ1) is 41.4. The van der Waals surface area contributed by atoms with Gasteiger partial charge in [-0.15, -0.1) is 0 Å². The number of unbranched alkanes of at least 4 members (excludes halogenated alkanes) is 6. The Bertz CT molecular complexity index is 947. The molecule has 0 rings (SSSR count). The van der Waals surface area contributed by atoms with E-state index in [9.17, 15) is 34.1 Å². The monoisotopic (exact) mass is 643 g/mol. The normalized spacial score (nSPS) is 14.8. The zero-order valence-corrected chi connectivity index (χ0v) is 27.3. The highest BCUT2D eigenvalue weighted by Crippen LogP contribution is 2.43. The number of phosphoric acid groups is 1. The minimum atomic E-state index is -4.75. The quantitative estimate of drug-likeness (QED) is 0.0328. The molecule has 44 heavy (non-hydrogen) atoms. The Morgan fingerprint density at radius 2 is 1.32 bits per heavy atom. The van der Waals surface area contributed by atoms with Crippen molar-refractivity contribution in [2.45, 2.75) is 116 Å². The molecule has 0 heterocycles. The Kier molecular flexibility index (Phi) is 26.3. The number of aliphatic carboxylic acids is 1. The lowest BCUT2D eigenvalue weighted by atomic mass is 10.1. The second kappa shape index (κ2) is 28.0. The summed E-state index contributed by atoms with van der Waals surface area (Å²) < 4.78 is 26.4. The topological polar surface area (TPSA) is 169 Å². The van der Waals surface area contributed by atoms with Gasteiger partial charge in [0.1, 0.15) is 12.7 Å². The van der Waals surface area contributed by atoms with E-state index in [2.05, 4.69) is 66.2 Å². The summed E-state index contributed by atoms with van der Waals surface area (Å²) in [4.78, 5) is 45.2. The molecule has 11 nitrogen and oxygen atoms in total. The fourth-order valence-electron chi connectivity index (χ4n) is 3.66. The van der Waals surface area contributed by atoms with E-state index in [4.69, 9.17) is 9.26 Å². The van der Waals surface area contributed by atoms with Gasteiger partial charge in [-0.3, -0.25) is 18.6 Å². The number of hydrogen-bond acceptors (Lipinski definition) is 8. The highest BCUT2D eigenvalue weighted by Gasteiger charge is 2.28. The zero-order valence-electron chi connectivity index (χ0n) is 26.4. The number of carboxylic acids is 1. The average Bonchev–Trinajstić information content (AvgIpc) is 2.98. The Hall–Kier alpha value is -2.56. The molecular weight excluding hydrogens is 589 g/mol. The van der Waals surface area contributed by atoms with Gasteiger partial charge in [-0.25, -0.2) is 9.36 Å². The maximum Gasteiger partial charge on any atom is 0.472 e. The number of carbonyl (C=O) groups excluding carboxylic acids is 2. The van der Waals surface area contributed by atoms with Crippen LogP contribution in [0.4, 0.5) is 0 Å². The molecule has 0 aromatic heterocycles. The fraction of sp³-hybridized carbons (Fsp3) is 0.656. The maximum atomic E-state index is 12.2. The summed E-state index contributed by atoms with van der Waals surface area (Å²) in [5.74, 6) is -2.46. The summed E-state index contributed by atoms with van der Waals surface area (Å²) in [6, 6.07) is -1.57. The van der Waals surface area contributed by atoms with E-state index in [0.29, 0.717) is 12.8 Å². The van der Waals surface area contributed by atoms with E-state index in [1.807, 2.05) is 6.08 Å². The number of ether oxygens (including phenoxy) is 1. The van der Waals surface area contributed by atoms with E-state index >= 15 is 0 Å². The molecule has 1 amide bonds. The summed E-state index contributed by atoms with van der Waals surface area (Å²) in [6.07, 6.45) is 26.4. The molecule has 12 heteroatoms. The van der Waals surface area contributed by atoms with Crippen molar-refractivity contribution in [3.63, 3.8) is 0 Å². The molecule has 0 aliphatic heterocycles. The Labute approximate surface area is 263 Å². The molecule has 0 spiro atoms. The smallest absolute Gasteiger partial charge is 0.472 e. The molecule has 0 aromatic carbocycles. The molecule has 3 unspecified atom stereocenters. The van der Waals surface area contributed by atoms with E-state index in [1.54, 1.807) is 0 Å². The summed E-state index contributed by atoms with van der Waals surface area (Å²) in [5, 5.41) is 21.5. The Morgan fingerprint density at radius 1 is 0.750 bits per heavy atom. The largest absolute Gasteiger partial charge is 0.480 e. The first-order chi connectivity index (χ1) is 21.1. The minimum absolute atomic E-state index is 0.0915. The third-order valence-corrected chi connectivity index (χ3v) is 7.08. The predicted octanol–water partition coefficient (Wildman–Crippen LogP) is 6.32. The molecule has 0 saturated carbocycles. The first-order valence-corrected chi connectivity index (χ1v) is 17.2. The van der Waals surface area contributed by atoms with Crippen LogP contribution < -0.4 is 5.32 Å². The fourth-order valence-corrected chi connectivity index (χ4v) is 4.43. The molecule has 0 aliphatic rings. The Morgan fingerprint density at radius 3 is 1.93 bits per heavy atom. The molecular formula is C32H54NO10P. The van der Waals surface area contributed by atoms with Gasteiger partial charge in [0, 0.05) is 12.8 Å². The van der Waals surface area contributed by atoms with E-state index in [-0.39, 0.29) is 12.8 Å². The number of amides is 1. The predicted molar refractivity (Wildman–Crippen MR) is 171 cm³/mol. The number of rotatable bonds is 28. The molecule has 0 saturated heterocycles. The summed E-state index contributed by atoms with van der Waals surface area (Å²) >= 11 is 0. The van der Waals surface area contributed by atoms with Gasteiger partial charge in [0.05, 0.1) is 13.2 Å². The van der Waals surface area contributed by atoms with Crippen LogP contribution in [0.15, 0.2) is 48.6 Å². The Balaban J connectivity index is 4.15. The molecule has 0 fully saturated rings. The lowest BCUT2D eigenvalue weighted by molar-refractivity contribution is -0.147. The highest BCUT2D eigenvalue weighted by molar-refractivity contribution is 7.47. The van der Waals surface area contributed by atoms with Crippen LogP contribution in [-0.4, -0.2) is 64.9 Å². The number of carboxylic acid groups (broad SMARTS) is 1. The maximum absolute atomic E-state index is 12.2. The third-order valence-electron chi connectivity index (χ3n) is 6.13. The van der Waals surface area contributed by atoms with E-state index in [0.717, 1.165) is 64.2 Å². The van der Waals surface area contributed by atoms with E-state index < -0.39 is 57.6 Å². The molecule has 0 aromatic rings. The number of allylic oxidation sites excluding steroid dienone is 8. The molecule has 252 valence electrons. The van der Waals surface area contributed by atoms with Gasteiger partial charge in [-0.1, -0.05) is 88.1 Å². The second-order valence-electron chi connectivity index (χ2n) is 10.3. The number of aliphatic hydroxyl groups excluding tert-OH is 1. The third kappa shape index (κ3) is 27.0. The highest BCUT2D eigenvalue weighted by atomic mass is 31.2. The van der Waals surface area contributed by atoms with Crippen LogP contribution >= 0.6 is 7.82 Å². The number of carbonyl (C=O) groups is 3. The van der Waals surface area contributed by atoms with Gasteiger partial charge in [0.2, 0.25) is 5.91 Å². The van der Waals surface area contributed by atoms with Crippen molar-refractivity contribution < 1.29 is 47.8 Å². The van der Waals surface area contributed by atoms with E-state index in [1.165, 1.54) is 0 Å². The van der Waals surface area contributed by atoms with Gasteiger partial charge in [-0.2, -0.15) is 0 Å². The van der Waals surface area contributed by atoms with Crippen LogP contribution in [0.3, 0.4) is 0 Å². The lowest BCUT2D eigenvalue weighted by Crippen LogP contribution is -2.43. The van der Waals surface area contributed by atoms with Crippen molar-refractivity contribution in [3.8, 4) is 0 Å². The number of nitrogens with one attached hydrogen (secondary N) is 1. The van der Waals surface area contributed by atoms with Gasteiger partial charge in [-0.05, 0) is 51.4 Å². The first-order valence-electron chi connectivity index (χ1n) is 15.7. The minimum Gasteiger partial charge on any atom is -0.480 e. The van der Waals surface area contributed by atoms with Gasteiger partial charge in [0.25, 0.3) is 0 Å². The summed E-state index contributed by atoms with van der Waals surface area (Å²) in [7, 11) is -4.75. The average molecular weight is 644 g/mol. The van der Waals surface area contributed by atoms with Gasteiger partial charge in [0.15, 0.2) is 6.04 Å². The van der Waals surface area contributed by atoms with Crippen LogP contribution in [-0.2, 0) is 32.7 Å². The number of phosphoric ester groups is 1. The number of aliphatic hydroxyl groups is 1. The van der Waals surface area contributed by atoms with Crippen molar-refractivity contribution in [1.82, 2.24) is 5.32 Å². The van der Waals surface area contributed by atoms with Crippen molar-refractivity contribution in [2.75, 3.05) is 19.8 Å². The van der Waals surface area contributed by atoms with Crippen molar-refractivity contribution in [3.05, 3.63) is 48.6 Å². The molecule has 4 N–H and O–H groups in total. The number of hydrogen-bond donors (Lipinski definition) is 4. The lowest BCUT2D eigenvalue weighted by Gasteiger charge is -2.18. The van der Waals surface area contributed by atoms with Crippen molar-refractivity contribution in [1.29, 1.82) is 0 Å². The van der Waals surface area contributed by atoms with Gasteiger partial charge < -0.3 is 25.2 Å². The molecule has 0 aliphatic carbocycles. The standard InChI is InChI=1S/C32H54NO10P/c1-3-5-7-9-10-11-12-13-14-15-16-17-18-20-21-23-30(35)33-29(32(37)38)27-43-44(39,40)42-26-28(34)25-41-31(36)24-22-19-8-6-4-2/h5,7,10-11,13-14,16-17,28-29,34H,3-4,6,8-9,12,15,18-27H2,1-2H3,(H,33,35)(H,37,38)(H,39,40)/b7-5-,11-10-,14-13-,17-16-. The molecule has 0 radical (unpaired) electrons. The van der Waals surface area contributed by atoms with Crippen LogP contribution in [0.5, 0.6) is 0 Å². The molecule has 3 atom stereocenters. The second-order valence-corrected chi connectivity index (χ2v) is 11.7. The van der Waals surface area contributed by atoms with Gasteiger partial charge >= 0.3 is 19.8 Å². The van der Waals surface area contributed by atoms with Crippen LogP contribution in [0.25, 0.3) is 0 Å². The van der Waals surface area contributed by atoms with Crippen LogP contribution in [0.2, 0.25) is 0 Å². The van der Waals surface area contributed by atoms with Crippen LogP contribution in [0, 0.1) is 0 Å². The zero-order chi connectivity index (χ0) is 32.9. The SMILES string of the molecule is CC/C=C\C/C=C\C/C=C\C/C=C\CCCCC(=O)NC(COP(=O)(O)OCC(O)COC(=O)CCCCCCC)C(=O)O. The summed E-state index contributed by atoms with van der Waals surface area (Å²) in [5.41, 5.74) is 0. The molecule has 0 bridgehead atoms.